The van der Waals surface area contributed by atoms with Crippen LogP contribution in [-0.2, 0) is 4.79 Å². The largest absolute Gasteiger partial charge is 0.300 e. The molecule has 0 radical (unpaired) electrons. The van der Waals surface area contributed by atoms with Crippen LogP contribution in [0.25, 0.3) is 0 Å². The number of thiol groups is 1. The maximum atomic E-state index is 10.5. The summed E-state index contributed by atoms with van der Waals surface area (Å²) in [7, 11) is 0. The SMILES string of the molecule is CCC[C@@H](S)CC(C)=O. The van der Waals surface area contributed by atoms with Gasteiger partial charge in [-0.25, -0.2) is 0 Å². The monoisotopic (exact) mass is 146 g/mol. The van der Waals surface area contributed by atoms with E-state index in [1.165, 1.54) is 0 Å². The Hall–Kier alpha value is 0.0200. The van der Waals surface area contributed by atoms with Crippen molar-refractivity contribution in [2.24, 2.45) is 0 Å². The summed E-state index contributed by atoms with van der Waals surface area (Å²) in [6.45, 7) is 3.71. The second kappa shape index (κ2) is 4.86. The molecule has 0 rings (SSSR count). The van der Waals surface area contributed by atoms with Crippen LogP contribution >= 0.6 is 12.6 Å². The minimum atomic E-state index is 0.239. The van der Waals surface area contributed by atoms with Crippen LogP contribution in [0.3, 0.4) is 0 Å². The van der Waals surface area contributed by atoms with Crippen molar-refractivity contribution in [2.45, 2.75) is 38.4 Å². The molecule has 2 heteroatoms. The number of ketones is 1. The highest BCUT2D eigenvalue weighted by Crippen LogP contribution is 2.08. The highest BCUT2D eigenvalue weighted by Gasteiger charge is 2.03. The van der Waals surface area contributed by atoms with Gasteiger partial charge in [0.05, 0.1) is 0 Å². The van der Waals surface area contributed by atoms with Gasteiger partial charge in [0, 0.05) is 11.7 Å². The highest BCUT2D eigenvalue weighted by molar-refractivity contribution is 7.81. The summed E-state index contributed by atoms with van der Waals surface area (Å²) in [5, 5.41) is 0.285. The van der Waals surface area contributed by atoms with Crippen LogP contribution in [-0.4, -0.2) is 11.0 Å². The van der Waals surface area contributed by atoms with Gasteiger partial charge in [0.15, 0.2) is 0 Å². The normalized spacial score (nSPS) is 13.2. The first kappa shape index (κ1) is 9.02. The van der Waals surface area contributed by atoms with Gasteiger partial charge in [0.2, 0.25) is 0 Å². The molecule has 0 aromatic rings. The summed E-state index contributed by atoms with van der Waals surface area (Å²) in [6.07, 6.45) is 2.78. The fourth-order valence-electron chi connectivity index (χ4n) is 0.767. The molecule has 54 valence electrons. The van der Waals surface area contributed by atoms with Gasteiger partial charge in [-0.2, -0.15) is 12.6 Å². The molecule has 0 bridgehead atoms. The van der Waals surface area contributed by atoms with E-state index in [0.717, 1.165) is 12.8 Å². The maximum absolute atomic E-state index is 10.5. The Labute approximate surface area is 62.2 Å². The molecule has 0 saturated heterocycles. The molecule has 0 aliphatic heterocycles. The standard InChI is InChI=1S/C7H14OS/c1-3-4-7(9)5-6(2)8/h7,9H,3-5H2,1-2H3/t7-/m1/s1. The van der Waals surface area contributed by atoms with E-state index < -0.39 is 0 Å². The lowest BCUT2D eigenvalue weighted by atomic mass is 10.1. The lowest BCUT2D eigenvalue weighted by Crippen LogP contribution is -2.03. The zero-order valence-corrected chi connectivity index (χ0v) is 6.95. The smallest absolute Gasteiger partial charge is 0.130 e. The molecule has 9 heavy (non-hydrogen) atoms. The van der Waals surface area contributed by atoms with Crippen molar-refractivity contribution in [3.05, 3.63) is 0 Å². The molecule has 0 aromatic carbocycles. The summed E-state index contributed by atoms with van der Waals surface area (Å²) in [5.74, 6) is 0.239. The third-order valence-electron chi connectivity index (χ3n) is 1.14. The molecular weight excluding hydrogens is 132 g/mol. The maximum Gasteiger partial charge on any atom is 0.130 e. The predicted octanol–water partition coefficient (Wildman–Crippen LogP) is 2.06. The number of hydrogen-bond donors (Lipinski definition) is 1. The summed E-state index contributed by atoms with van der Waals surface area (Å²) in [6, 6.07) is 0. The Morgan fingerprint density at radius 2 is 2.22 bits per heavy atom. The molecule has 0 aliphatic carbocycles. The molecule has 1 atom stereocenters. The zero-order chi connectivity index (χ0) is 7.28. The van der Waals surface area contributed by atoms with Gasteiger partial charge < -0.3 is 0 Å². The second-order valence-electron chi connectivity index (χ2n) is 2.35. The molecule has 0 spiro atoms. The molecule has 0 aromatic heterocycles. The van der Waals surface area contributed by atoms with Crippen LogP contribution in [0.5, 0.6) is 0 Å². The van der Waals surface area contributed by atoms with E-state index in [0.29, 0.717) is 6.42 Å². The molecule has 0 fully saturated rings. The Kier molecular flexibility index (Phi) is 4.87. The van der Waals surface area contributed by atoms with Crippen molar-refractivity contribution in [2.75, 3.05) is 0 Å². The molecule has 1 nitrogen and oxygen atoms in total. The van der Waals surface area contributed by atoms with E-state index in [9.17, 15) is 4.79 Å². The summed E-state index contributed by atoms with van der Waals surface area (Å²) >= 11 is 4.23. The molecule has 0 N–H and O–H groups in total. The van der Waals surface area contributed by atoms with E-state index in [-0.39, 0.29) is 11.0 Å². The van der Waals surface area contributed by atoms with Crippen LogP contribution in [0.1, 0.15) is 33.1 Å². The van der Waals surface area contributed by atoms with Crippen molar-refractivity contribution in [1.29, 1.82) is 0 Å². The van der Waals surface area contributed by atoms with Gasteiger partial charge >= 0.3 is 0 Å². The van der Waals surface area contributed by atoms with E-state index in [1.807, 2.05) is 0 Å². The van der Waals surface area contributed by atoms with E-state index >= 15 is 0 Å². The Morgan fingerprint density at radius 3 is 2.56 bits per heavy atom. The number of Topliss-reactive ketones (excluding diaryl/α,β-unsaturated/α-hetero) is 1. The zero-order valence-electron chi connectivity index (χ0n) is 6.05. The Balaban J connectivity index is 3.26. The van der Waals surface area contributed by atoms with Gasteiger partial charge in [0.25, 0.3) is 0 Å². The van der Waals surface area contributed by atoms with Crippen molar-refractivity contribution >= 4 is 18.4 Å². The third kappa shape index (κ3) is 5.90. The minimum absolute atomic E-state index is 0.239. The number of carbonyl (C=O) groups excluding carboxylic acids is 1. The first-order chi connectivity index (χ1) is 4.16. The van der Waals surface area contributed by atoms with Crippen molar-refractivity contribution in [1.82, 2.24) is 0 Å². The molecule has 0 heterocycles. The van der Waals surface area contributed by atoms with E-state index in [2.05, 4.69) is 19.6 Å². The Morgan fingerprint density at radius 1 is 1.67 bits per heavy atom. The van der Waals surface area contributed by atoms with Gasteiger partial charge in [-0.3, -0.25) is 4.79 Å². The fraction of sp³-hybridized carbons (Fsp3) is 0.857. The predicted molar refractivity (Wildman–Crippen MR) is 43.0 cm³/mol. The van der Waals surface area contributed by atoms with Crippen LogP contribution in [0.2, 0.25) is 0 Å². The first-order valence-electron chi connectivity index (χ1n) is 3.34. The average Bonchev–Trinajstić information content (AvgIpc) is 1.63. The summed E-state index contributed by atoms with van der Waals surface area (Å²) in [5.41, 5.74) is 0. The van der Waals surface area contributed by atoms with Crippen molar-refractivity contribution < 1.29 is 4.79 Å². The Bertz CT molecular complexity index is 90.9. The first-order valence-corrected chi connectivity index (χ1v) is 3.86. The van der Waals surface area contributed by atoms with Gasteiger partial charge in [-0.1, -0.05) is 13.3 Å². The number of rotatable bonds is 4. The van der Waals surface area contributed by atoms with Crippen LogP contribution in [0, 0.1) is 0 Å². The quantitative estimate of drug-likeness (QED) is 0.601. The van der Waals surface area contributed by atoms with E-state index in [4.69, 9.17) is 0 Å². The summed E-state index contributed by atoms with van der Waals surface area (Å²) in [4.78, 5) is 10.5. The topological polar surface area (TPSA) is 17.1 Å². The summed E-state index contributed by atoms with van der Waals surface area (Å²) < 4.78 is 0. The highest BCUT2D eigenvalue weighted by atomic mass is 32.1. The number of carbonyl (C=O) groups is 1. The molecule has 0 aliphatic rings. The average molecular weight is 146 g/mol. The van der Waals surface area contributed by atoms with Crippen LogP contribution in [0.4, 0.5) is 0 Å². The minimum Gasteiger partial charge on any atom is -0.300 e. The molecule has 0 unspecified atom stereocenters. The molecular formula is C7H14OS. The van der Waals surface area contributed by atoms with Crippen LogP contribution < -0.4 is 0 Å². The van der Waals surface area contributed by atoms with Crippen LogP contribution in [0.15, 0.2) is 0 Å². The number of hydrogen-bond acceptors (Lipinski definition) is 2. The van der Waals surface area contributed by atoms with Gasteiger partial charge in [0.1, 0.15) is 5.78 Å². The lowest BCUT2D eigenvalue weighted by Gasteiger charge is -2.04. The second-order valence-corrected chi connectivity index (χ2v) is 3.08. The van der Waals surface area contributed by atoms with Gasteiger partial charge in [-0.05, 0) is 13.3 Å². The fourth-order valence-corrected chi connectivity index (χ4v) is 1.28. The third-order valence-corrected chi connectivity index (χ3v) is 1.59. The molecule has 0 amide bonds. The lowest BCUT2D eigenvalue weighted by molar-refractivity contribution is -0.117. The van der Waals surface area contributed by atoms with Crippen molar-refractivity contribution in [3.63, 3.8) is 0 Å². The molecule has 0 saturated carbocycles. The van der Waals surface area contributed by atoms with E-state index in [1.54, 1.807) is 6.92 Å². The van der Waals surface area contributed by atoms with Crippen molar-refractivity contribution in [3.8, 4) is 0 Å². The van der Waals surface area contributed by atoms with Gasteiger partial charge in [-0.15, -0.1) is 0 Å².